The maximum atomic E-state index is 12.0. The van der Waals surface area contributed by atoms with Gasteiger partial charge in [0.25, 0.3) is 11.8 Å². The lowest BCUT2D eigenvalue weighted by molar-refractivity contribution is -0.123. The van der Waals surface area contributed by atoms with E-state index in [1.165, 1.54) is 11.8 Å². The summed E-state index contributed by atoms with van der Waals surface area (Å²) in [4.78, 5) is 23.9. The van der Waals surface area contributed by atoms with Gasteiger partial charge in [0, 0.05) is 17.1 Å². The predicted octanol–water partition coefficient (Wildman–Crippen LogP) is 3.84. The van der Waals surface area contributed by atoms with E-state index in [0.717, 1.165) is 12.0 Å². The van der Waals surface area contributed by atoms with Gasteiger partial charge in [0.15, 0.2) is 6.61 Å². The van der Waals surface area contributed by atoms with E-state index in [0.29, 0.717) is 22.9 Å². The number of hydrogen-bond donors (Lipinski definition) is 2. The number of rotatable bonds is 9. The van der Waals surface area contributed by atoms with Crippen LogP contribution in [0.1, 0.15) is 21.5 Å². The van der Waals surface area contributed by atoms with E-state index >= 15 is 0 Å². The fourth-order valence-electron chi connectivity index (χ4n) is 2.70. The highest BCUT2D eigenvalue weighted by Crippen LogP contribution is 2.12. The molecule has 0 radical (unpaired) electrons. The van der Waals surface area contributed by atoms with Crippen LogP contribution in [0.5, 0.6) is 5.75 Å². The van der Waals surface area contributed by atoms with E-state index in [-0.39, 0.29) is 18.4 Å². The molecule has 0 aliphatic carbocycles. The van der Waals surface area contributed by atoms with Crippen molar-refractivity contribution in [3.63, 3.8) is 0 Å². The molecule has 2 amide bonds. The molecule has 7 heteroatoms. The van der Waals surface area contributed by atoms with Gasteiger partial charge in [0.1, 0.15) is 5.75 Å². The van der Waals surface area contributed by atoms with Crippen molar-refractivity contribution in [3.05, 3.63) is 101 Å². The lowest BCUT2D eigenvalue weighted by Crippen LogP contribution is -2.30. The second-order valence-corrected chi connectivity index (χ2v) is 7.09. The highest BCUT2D eigenvalue weighted by atomic mass is 35.5. The lowest BCUT2D eigenvalue weighted by Gasteiger charge is -2.08. The van der Waals surface area contributed by atoms with Gasteiger partial charge in [0.2, 0.25) is 0 Å². The summed E-state index contributed by atoms with van der Waals surface area (Å²) in [5.74, 6) is 0.0422. The normalized spacial score (nSPS) is 10.6. The van der Waals surface area contributed by atoms with Crippen LogP contribution in [-0.2, 0) is 11.2 Å². The Bertz CT molecular complexity index is 1040. The smallest absolute Gasteiger partial charge is 0.271 e. The first-order valence-electron chi connectivity index (χ1n) is 9.72. The fourth-order valence-corrected chi connectivity index (χ4v) is 2.89. The summed E-state index contributed by atoms with van der Waals surface area (Å²) in [6, 6.07) is 23.6. The Morgan fingerprint density at radius 1 is 0.968 bits per heavy atom. The highest BCUT2D eigenvalue weighted by Gasteiger charge is 2.05. The number of carbonyl (C=O) groups excluding carboxylic acids is 2. The zero-order valence-corrected chi connectivity index (χ0v) is 17.5. The van der Waals surface area contributed by atoms with Crippen LogP contribution in [0.15, 0.2) is 84.0 Å². The standard InChI is InChI=1S/C24H22ClN3O3/c25-21-8-4-7-20(15-21)24(30)28-27-16-19-9-11-22(12-10-19)31-17-23(29)26-14-13-18-5-2-1-3-6-18/h1-12,15-16H,13-14,17H2,(H,26,29)(H,28,30)/b27-16-. The molecule has 0 aliphatic heterocycles. The number of carbonyl (C=O) groups is 2. The minimum absolute atomic E-state index is 0.0576. The summed E-state index contributed by atoms with van der Waals surface area (Å²) >= 11 is 5.87. The summed E-state index contributed by atoms with van der Waals surface area (Å²) < 4.78 is 5.50. The largest absolute Gasteiger partial charge is 0.484 e. The Kier molecular flexibility index (Phi) is 8.20. The molecule has 2 N–H and O–H groups in total. The molecule has 0 saturated heterocycles. The SMILES string of the molecule is O=C(COc1ccc(/C=N\NC(=O)c2cccc(Cl)c2)cc1)NCCc1ccccc1. The second kappa shape index (κ2) is 11.5. The molecule has 0 atom stereocenters. The van der Waals surface area contributed by atoms with Crippen molar-refractivity contribution in [3.8, 4) is 5.75 Å². The molecule has 158 valence electrons. The lowest BCUT2D eigenvalue weighted by atomic mass is 10.1. The summed E-state index contributed by atoms with van der Waals surface area (Å²) in [5, 5.41) is 7.26. The number of benzene rings is 3. The first kappa shape index (κ1) is 22.1. The number of ether oxygens (including phenoxy) is 1. The quantitative estimate of drug-likeness (QED) is 0.396. The maximum absolute atomic E-state index is 12.0. The van der Waals surface area contributed by atoms with Gasteiger partial charge in [-0.05, 0) is 60.0 Å². The molecule has 31 heavy (non-hydrogen) atoms. The van der Waals surface area contributed by atoms with Crippen LogP contribution in [0.2, 0.25) is 5.02 Å². The van der Waals surface area contributed by atoms with E-state index in [4.69, 9.17) is 16.3 Å². The zero-order chi connectivity index (χ0) is 21.9. The van der Waals surface area contributed by atoms with Crippen LogP contribution in [0.4, 0.5) is 0 Å². The molecule has 0 fully saturated rings. The summed E-state index contributed by atoms with van der Waals surface area (Å²) in [5.41, 5.74) is 4.82. The number of amides is 2. The van der Waals surface area contributed by atoms with E-state index in [1.807, 2.05) is 30.3 Å². The molecule has 3 aromatic carbocycles. The molecule has 0 aromatic heterocycles. The number of nitrogens with zero attached hydrogens (tertiary/aromatic N) is 1. The molecule has 0 saturated carbocycles. The maximum Gasteiger partial charge on any atom is 0.271 e. The van der Waals surface area contributed by atoms with E-state index in [9.17, 15) is 9.59 Å². The highest BCUT2D eigenvalue weighted by molar-refractivity contribution is 6.30. The number of hydrazone groups is 1. The first-order valence-corrected chi connectivity index (χ1v) is 10.1. The molecule has 3 aromatic rings. The molecule has 0 aliphatic rings. The van der Waals surface area contributed by atoms with Crippen molar-refractivity contribution < 1.29 is 14.3 Å². The molecule has 3 rings (SSSR count). The summed E-state index contributed by atoms with van der Waals surface area (Å²) in [6.07, 6.45) is 2.29. The van der Waals surface area contributed by atoms with E-state index < -0.39 is 0 Å². The zero-order valence-electron chi connectivity index (χ0n) is 16.8. The van der Waals surface area contributed by atoms with Gasteiger partial charge in [-0.15, -0.1) is 0 Å². The van der Waals surface area contributed by atoms with Crippen molar-refractivity contribution >= 4 is 29.6 Å². The summed E-state index contributed by atoms with van der Waals surface area (Å²) in [6.45, 7) is 0.500. The predicted molar refractivity (Wildman–Crippen MR) is 122 cm³/mol. The molecule has 0 unspecified atom stereocenters. The monoisotopic (exact) mass is 435 g/mol. The third-order valence-corrected chi connectivity index (χ3v) is 4.53. The van der Waals surface area contributed by atoms with Gasteiger partial charge >= 0.3 is 0 Å². The van der Waals surface area contributed by atoms with Gasteiger partial charge in [-0.25, -0.2) is 5.43 Å². The van der Waals surface area contributed by atoms with Gasteiger partial charge in [0.05, 0.1) is 6.21 Å². The molecule has 0 bridgehead atoms. The van der Waals surface area contributed by atoms with Crippen LogP contribution in [-0.4, -0.2) is 31.2 Å². The van der Waals surface area contributed by atoms with Gasteiger partial charge in [-0.2, -0.15) is 5.10 Å². The topological polar surface area (TPSA) is 79.8 Å². The number of hydrogen-bond acceptors (Lipinski definition) is 4. The Labute approximate surface area is 185 Å². The van der Waals surface area contributed by atoms with Crippen molar-refractivity contribution in [2.45, 2.75) is 6.42 Å². The van der Waals surface area contributed by atoms with Crippen LogP contribution in [0.25, 0.3) is 0 Å². The van der Waals surface area contributed by atoms with Crippen molar-refractivity contribution in [2.75, 3.05) is 13.2 Å². The fraction of sp³-hybridized carbons (Fsp3) is 0.125. The number of halogens is 1. The summed E-state index contributed by atoms with van der Waals surface area (Å²) in [7, 11) is 0. The van der Waals surface area contributed by atoms with Crippen LogP contribution < -0.4 is 15.5 Å². The number of nitrogens with one attached hydrogen (secondary N) is 2. The molecular formula is C24H22ClN3O3. The second-order valence-electron chi connectivity index (χ2n) is 6.65. The van der Waals surface area contributed by atoms with Crippen LogP contribution >= 0.6 is 11.6 Å². The van der Waals surface area contributed by atoms with Gasteiger partial charge < -0.3 is 10.1 Å². The van der Waals surface area contributed by atoms with Crippen molar-refractivity contribution in [2.24, 2.45) is 5.10 Å². The van der Waals surface area contributed by atoms with Gasteiger partial charge in [-0.3, -0.25) is 9.59 Å². The van der Waals surface area contributed by atoms with Crippen LogP contribution in [0, 0.1) is 0 Å². The molecule has 0 heterocycles. The van der Waals surface area contributed by atoms with Crippen LogP contribution in [0.3, 0.4) is 0 Å². The minimum Gasteiger partial charge on any atom is -0.484 e. The molecule has 6 nitrogen and oxygen atoms in total. The molecule has 0 spiro atoms. The average molecular weight is 436 g/mol. The third-order valence-electron chi connectivity index (χ3n) is 4.30. The Morgan fingerprint density at radius 3 is 2.48 bits per heavy atom. The Hall–Kier alpha value is -3.64. The van der Waals surface area contributed by atoms with E-state index in [2.05, 4.69) is 15.8 Å². The van der Waals surface area contributed by atoms with Gasteiger partial charge in [-0.1, -0.05) is 48.0 Å². The first-order chi connectivity index (χ1) is 15.1. The average Bonchev–Trinajstić information content (AvgIpc) is 2.79. The third kappa shape index (κ3) is 7.60. The minimum atomic E-state index is -0.350. The Balaban J connectivity index is 1.38. The van der Waals surface area contributed by atoms with Crippen molar-refractivity contribution in [1.29, 1.82) is 0 Å². The molecular weight excluding hydrogens is 414 g/mol. The van der Waals surface area contributed by atoms with E-state index in [1.54, 1.807) is 48.5 Å². The van der Waals surface area contributed by atoms with Crippen molar-refractivity contribution in [1.82, 2.24) is 10.7 Å². The Morgan fingerprint density at radius 2 is 1.74 bits per heavy atom.